The number of sulfone groups is 2. The number of nitrogen functional groups attached to an aromatic ring is 1. The van der Waals surface area contributed by atoms with E-state index < -0.39 is 30.6 Å². The van der Waals surface area contributed by atoms with E-state index in [0.717, 1.165) is 12.5 Å². The highest BCUT2D eigenvalue weighted by molar-refractivity contribution is 7.91. The van der Waals surface area contributed by atoms with E-state index in [1.807, 2.05) is 0 Å². The molecule has 0 unspecified atom stereocenters. The molecule has 0 saturated carbocycles. The Morgan fingerprint density at radius 3 is 2.15 bits per heavy atom. The zero-order chi connectivity index (χ0) is 15.0. The molecule has 0 amide bonds. The van der Waals surface area contributed by atoms with Gasteiger partial charge < -0.3 is 5.73 Å². The van der Waals surface area contributed by atoms with E-state index in [-0.39, 0.29) is 9.79 Å². The lowest BCUT2D eigenvalue weighted by Crippen LogP contribution is -2.12. The second-order valence-corrected chi connectivity index (χ2v) is 7.82. The lowest BCUT2D eigenvalue weighted by Gasteiger charge is -2.07. The van der Waals surface area contributed by atoms with Crippen LogP contribution in [0.4, 0.5) is 5.82 Å². The number of hydrogen-bond acceptors (Lipinski definition) is 7. The summed E-state index contributed by atoms with van der Waals surface area (Å²) >= 11 is 0. The Hall–Kier alpha value is -2.00. The fourth-order valence-electron chi connectivity index (χ4n) is 1.48. The molecule has 0 bridgehead atoms. The molecule has 0 aliphatic heterocycles. The third-order valence-electron chi connectivity index (χ3n) is 2.44. The van der Waals surface area contributed by atoms with Crippen LogP contribution in [0, 0.1) is 0 Å². The second kappa shape index (κ2) is 4.84. The van der Waals surface area contributed by atoms with Crippen LogP contribution in [0.25, 0.3) is 0 Å². The van der Waals surface area contributed by atoms with Crippen LogP contribution in [0.2, 0.25) is 0 Å². The zero-order valence-corrected chi connectivity index (χ0v) is 12.0. The predicted molar refractivity (Wildman–Crippen MR) is 71.4 cm³/mol. The first kappa shape index (κ1) is 14.4. The van der Waals surface area contributed by atoms with Gasteiger partial charge in [-0.1, -0.05) is 18.2 Å². The summed E-state index contributed by atoms with van der Waals surface area (Å²) in [6.07, 6.45) is 1.81. The third kappa shape index (κ3) is 2.63. The van der Waals surface area contributed by atoms with E-state index in [4.69, 9.17) is 5.73 Å². The van der Waals surface area contributed by atoms with Crippen molar-refractivity contribution < 1.29 is 16.8 Å². The number of anilines is 1. The highest BCUT2D eigenvalue weighted by Crippen LogP contribution is 2.24. The minimum absolute atomic E-state index is 0.0300. The standard InChI is InChI=1S/C11H11N3O4S2/c1-19(15,16)11-13-7-9(10(12)14-11)20(17,18)8-5-3-2-4-6-8/h2-7H,1H3,(H2,12,13,14). The van der Waals surface area contributed by atoms with E-state index in [1.165, 1.54) is 12.1 Å². The molecular formula is C11H11N3O4S2. The van der Waals surface area contributed by atoms with Crippen molar-refractivity contribution in [1.82, 2.24) is 9.97 Å². The van der Waals surface area contributed by atoms with Gasteiger partial charge in [0.2, 0.25) is 24.8 Å². The van der Waals surface area contributed by atoms with Gasteiger partial charge in [0.05, 0.1) is 11.1 Å². The first-order chi connectivity index (χ1) is 9.23. The summed E-state index contributed by atoms with van der Waals surface area (Å²) in [5.74, 6) is -0.399. The van der Waals surface area contributed by atoms with E-state index >= 15 is 0 Å². The van der Waals surface area contributed by atoms with Gasteiger partial charge in [0.25, 0.3) is 0 Å². The molecule has 1 heterocycles. The maximum atomic E-state index is 12.3. The fourth-order valence-corrected chi connectivity index (χ4v) is 3.27. The number of aromatic nitrogens is 2. The molecule has 2 aromatic rings. The molecule has 0 spiro atoms. The van der Waals surface area contributed by atoms with E-state index in [0.29, 0.717) is 0 Å². The summed E-state index contributed by atoms with van der Waals surface area (Å²) in [5, 5.41) is -0.512. The lowest BCUT2D eigenvalue weighted by molar-refractivity contribution is 0.587. The molecular weight excluding hydrogens is 302 g/mol. The SMILES string of the molecule is CS(=O)(=O)c1ncc(S(=O)(=O)c2ccccc2)c(N)n1. The van der Waals surface area contributed by atoms with E-state index in [1.54, 1.807) is 18.2 Å². The maximum absolute atomic E-state index is 12.3. The van der Waals surface area contributed by atoms with Crippen LogP contribution in [-0.4, -0.2) is 33.1 Å². The van der Waals surface area contributed by atoms with Crippen molar-refractivity contribution in [1.29, 1.82) is 0 Å². The molecule has 0 aliphatic carbocycles. The first-order valence-electron chi connectivity index (χ1n) is 5.35. The normalized spacial score (nSPS) is 12.2. The van der Waals surface area contributed by atoms with Gasteiger partial charge in [-0.3, -0.25) is 0 Å². The number of rotatable bonds is 3. The second-order valence-electron chi connectivity index (χ2n) is 3.99. The Labute approximate surface area is 116 Å². The molecule has 2 N–H and O–H groups in total. The minimum atomic E-state index is -3.88. The molecule has 0 saturated heterocycles. The fraction of sp³-hybridized carbons (Fsp3) is 0.0909. The molecule has 9 heteroatoms. The van der Waals surface area contributed by atoms with Gasteiger partial charge in [0, 0.05) is 6.26 Å². The van der Waals surface area contributed by atoms with Crippen molar-refractivity contribution in [3.05, 3.63) is 36.5 Å². The summed E-state index contributed by atoms with van der Waals surface area (Å²) in [6.45, 7) is 0. The molecule has 1 aromatic heterocycles. The van der Waals surface area contributed by atoms with Crippen LogP contribution in [0.15, 0.2) is 51.5 Å². The molecule has 2 rings (SSSR count). The van der Waals surface area contributed by atoms with Gasteiger partial charge in [0.15, 0.2) is 0 Å². The number of nitrogens with zero attached hydrogens (tertiary/aromatic N) is 2. The summed E-state index contributed by atoms with van der Waals surface area (Å²) < 4.78 is 47.2. The van der Waals surface area contributed by atoms with Gasteiger partial charge in [-0.15, -0.1) is 0 Å². The van der Waals surface area contributed by atoms with Crippen LogP contribution in [0.3, 0.4) is 0 Å². The van der Waals surface area contributed by atoms with E-state index in [2.05, 4.69) is 9.97 Å². The Morgan fingerprint density at radius 1 is 1.05 bits per heavy atom. The summed E-state index contributed by atoms with van der Waals surface area (Å²) in [5.41, 5.74) is 5.55. The van der Waals surface area contributed by atoms with Crippen molar-refractivity contribution in [2.45, 2.75) is 14.9 Å². The van der Waals surface area contributed by atoms with Crippen LogP contribution < -0.4 is 5.73 Å². The maximum Gasteiger partial charge on any atom is 0.248 e. The highest BCUT2D eigenvalue weighted by atomic mass is 32.2. The molecule has 0 atom stereocenters. The van der Waals surface area contributed by atoms with Crippen molar-refractivity contribution in [3.8, 4) is 0 Å². The van der Waals surface area contributed by atoms with Gasteiger partial charge in [-0.25, -0.2) is 21.8 Å². The van der Waals surface area contributed by atoms with E-state index in [9.17, 15) is 16.8 Å². The van der Waals surface area contributed by atoms with Gasteiger partial charge in [-0.05, 0) is 12.1 Å². The quantitative estimate of drug-likeness (QED) is 0.809. The topological polar surface area (TPSA) is 120 Å². The molecule has 20 heavy (non-hydrogen) atoms. The van der Waals surface area contributed by atoms with Gasteiger partial charge in [-0.2, -0.15) is 4.98 Å². The van der Waals surface area contributed by atoms with Crippen molar-refractivity contribution in [2.24, 2.45) is 0 Å². The summed E-state index contributed by atoms with van der Waals surface area (Å²) in [6, 6.07) is 7.60. The van der Waals surface area contributed by atoms with Gasteiger partial charge >= 0.3 is 0 Å². The molecule has 106 valence electrons. The number of benzene rings is 1. The minimum Gasteiger partial charge on any atom is -0.382 e. The Morgan fingerprint density at radius 2 is 1.65 bits per heavy atom. The van der Waals surface area contributed by atoms with Crippen molar-refractivity contribution in [2.75, 3.05) is 12.0 Å². The summed E-state index contributed by atoms with van der Waals surface area (Å²) in [7, 11) is -7.53. The van der Waals surface area contributed by atoms with Crippen LogP contribution in [-0.2, 0) is 19.7 Å². The van der Waals surface area contributed by atoms with Crippen LogP contribution in [0.1, 0.15) is 0 Å². The molecule has 7 nitrogen and oxygen atoms in total. The monoisotopic (exact) mass is 313 g/mol. The Bertz CT molecular complexity index is 846. The Kier molecular flexibility index (Phi) is 3.48. The van der Waals surface area contributed by atoms with Crippen molar-refractivity contribution in [3.63, 3.8) is 0 Å². The average Bonchev–Trinajstić information content (AvgIpc) is 2.38. The van der Waals surface area contributed by atoms with Gasteiger partial charge in [0.1, 0.15) is 10.7 Å². The third-order valence-corrected chi connectivity index (χ3v) is 5.08. The summed E-state index contributed by atoms with van der Waals surface area (Å²) in [4.78, 5) is 6.79. The zero-order valence-electron chi connectivity index (χ0n) is 10.4. The molecule has 0 radical (unpaired) electrons. The lowest BCUT2D eigenvalue weighted by atomic mass is 10.4. The first-order valence-corrected chi connectivity index (χ1v) is 8.73. The smallest absolute Gasteiger partial charge is 0.248 e. The van der Waals surface area contributed by atoms with Crippen molar-refractivity contribution >= 4 is 25.5 Å². The number of nitrogens with two attached hydrogens (primary N) is 1. The molecule has 0 aliphatic rings. The molecule has 1 aromatic carbocycles. The Balaban J connectivity index is 2.61. The average molecular weight is 313 g/mol. The van der Waals surface area contributed by atoms with Crippen LogP contribution in [0.5, 0.6) is 0 Å². The van der Waals surface area contributed by atoms with Crippen LogP contribution >= 0.6 is 0 Å². The number of hydrogen-bond donors (Lipinski definition) is 1. The highest BCUT2D eigenvalue weighted by Gasteiger charge is 2.23. The predicted octanol–water partition coefficient (Wildman–Crippen LogP) is 0.295. The largest absolute Gasteiger partial charge is 0.382 e. The molecule has 0 fully saturated rings.